The third-order valence-corrected chi connectivity index (χ3v) is 4.34. The smallest absolute Gasteiger partial charge is 0.337 e. The predicted octanol–water partition coefficient (Wildman–Crippen LogP) is 3.45. The minimum atomic E-state index is -1.01. The zero-order valence-corrected chi connectivity index (χ0v) is 12.0. The monoisotopic (exact) mass is 282 g/mol. The molecule has 1 aliphatic carbocycles. The molecule has 0 saturated heterocycles. The molecule has 19 heavy (non-hydrogen) atoms. The summed E-state index contributed by atoms with van der Waals surface area (Å²) in [5.41, 5.74) is 0.114. The highest BCUT2D eigenvalue weighted by molar-refractivity contribution is 6.35. The molecule has 0 aliphatic heterocycles. The van der Waals surface area contributed by atoms with Crippen LogP contribution in [-0.2, 0) is 0 Å². The largest absolute Gasteiger partial charge is 0.478 e. The van der Waals surface area contributed by atoms with E-state index in [4.69, 9.17) is 16.7 Å². The Labute approximate surface area is 118 Å². The van der Waals surface area contributed by atoms with E-state index >= 15 is 0 Å². The number of carboxylic acids is 1. The van der Waals surface area contributed by atoms with Gasteiger partial charge in [-0.25, -0.2) is 9.78 Å². The maximum absolute atomic E-state index is 11.1. The molecule has 1 N–H and O–H groups in total. The van der Waals surface area contributed by atoms with Crippen molar-refractivity contribution in [3.8, 4) is 0 Å². The molecule has 104 valence electrons. The van der Waals surface area contributed by atoms with Crippen molar-refractivity contribution in [2.45, 2.75) is 38.6 Å². The minimum Gasteiger partial charge on any atom is -0.478 e. The Hall–Kier alpha value is -1.29. The second kappa shape index (κ2) is 5.78. The molecular weight excluding hydrogens is 264 g/mol. The van der Waals surface area contributed by atoms with Crippen LogP contribution < -0.4 is 4.90 Å². The molecule has 4 nitrogen and oxygen atoms in total. The molecule has 0 amide bonds. The average Bonchev–Trinajstić information content (AvgIpc) is 2.38. The summed E-state index contributed by atoms with van der Waals surface area (Å²) >= 11 is 6.16. The summed E-state index contributed by atoms with van der Waals surface area (Å²) in [6, 6.07) is 1.83. The highest BCUT2D eigenvalue weighted by atomic mass is 35.5. The standard InChI is InChI=1S/C14H19ClN2O2/c1-9-3-5-10(6-4-9)17(2)13-12(15)11(14(18)19)7-8-16-13/h7-10H,3-6H2,1-2H3,(H,18,19). The lowest BCUT2D eigenvalue weighted by molar-refractivity contribution is 0.0697. The molecule has 2 rings (SSSR count). The first-order valence-corrected chi connectivity index (χ1v) is 6.99. The van der Waals surface area contributed by atoms with E-state index < -0.39 is 5.97 Å². The topological polar surface area (TPSA) is 53.4 Å². The van der Waals surface area contributed by atoms with Crippen LogP contribution in [0.5, 0.6) is 0 Å². The second-order valence-electron chi connectivity index (χ2n) is 5.33. The molecule has 1 aromatic heterocycles. The number of carboxylic acid groups (broad SMARTS) is 1. The molecule has 1 aromatic rings. The first kappa shape index (κ1) is 14.1. The third kappa shape index (κ3) is 3.00. The van der Waals surface area contributed by atoms with E-state index in [9.17, 15) is 4.79 Å². The fraction of sp³-hybridized carbons (Fsp3) is 0.571. The first-order valence-electron chi connectivity index (χ1n) is 6.61. The number of nitrogens with zero attached hydrogens (tertiary/aromatic N) is 2. The van der Waals surface area contributed by atoms with Crippen LogP contribution in [0.25, 0.3) is 0 Å². The van der Waals surface area contributed by atoms with E-state index in [1.54, 1.807) is 0 Å². The van der Waals surface area contributed by atoms with Crippen LogP contribution >= 0.6 is 11.6 Å². The lowest BCUT2D eigenvalue weighted by Crippen LogP contribution is -2.35. The number of rotatable bonds is 3. The summed E-state index contributed by atoms with van der Waals surface area (Å²) in [6.45, 7) is 2.27. The Morgan fingerprint density at radius 1 is 1.42 bits per heavy atom. The molecule has 5 heteroatoms. The Morgan fingerprint density at radius 3 is 2.63 bits per heavy atom. The number of pyridine rings is 1. The van der Waals surface area contributed by atoms with E-state index in [0.29, 0.717) is 11.9 Å². The van der Waals surface area contributed by atoms with Gasteiger partial charge in [-0.3, -0.25) is 0 Å². The minimum absolute atomic E-state index is 0.114. The molecule has 0 radical (unpaired) electrons. The predicted molar refractivity (Wildman–Crippen MR) is 76.0 cm³/mol. The molecule has 0 aromatic carbocycles. The summed E-state index contributed by atoms with van der Waals surface area (Å²) < 4.78 is 0. The quantitative estimate of drug-likeness (QED) is 0.922. The van der Waals surface area contributed by atoms with Gasteiger partial charge in [0.25, 0.3) is 0 Å². The number of carbonyl (C=O) groups is 1. The van der Waals surface area contributed by atoms with Gasteiger partial charge in [0.1, 0.15) is 5.82 Å². The van der Waals surface area contributed by atoms with Gasteiger partial charge in [0.05, 0.1) is 10.6 Å². The number of aromatic carboxylic acids is 1. The lowest BCUT2D eigenvalue weighted by Gasteiger charge is -2.34. The normalized spacial score (nSPS) is 23.1. The maximum atomic E-state index is 11.1. The van der Waals surface area contributed by atoms with Gasteiger partial charge in [0, 0.05) is 19.3 Å². The molecular formula is C14H19ClN2O2. The number of hydrogen-bond acceptors (Lipinski definition) is 3. The number of hydrogen-bond donors (Lipinski definition) is 1. The van der Waals surface area contributed by atoms with Crippen molar-refractivity contribution >= 4 is 23.4 Å². The van der Waals surface area contributed by atoms with Crippen molar-refractivity contribution in [3.63, 3.8) is 0 Å². The maximum Gasteiger partial charge on any atom is 0.337 e. The van der Waals surface area contributed by atoms with Crippen LogP contribution in [0.2, 0.25) is 5.02 Å². The summed E-state index contributed by atoms with van der Waals surface area (Å²) in [7, 11) is 1.94. The van der Waals surface area contributed by atoms with Crippen LogP contribution in [-0.4, -0.2) is 29.1 Å². The molecule has 1 saturated carbocycles. The fourth-order valence-corrected chi connectivity index (χ4v) is 2.97. The van der Waals surface area contributed by atoms with Crippen molar-refractivity contribution in [1.29, 1.82) is 0 Å². The molecule has 0 atom stereocenters. The third-order valence-electron chi connectivity index (χ3n) is 3.97. The van der Waals surface area contributed by atoms with Gasteiger partial charge in [-0.1, -0.05) is 18.5 Å². The Balaban J connectivity index is 2.21. The van der Waals surface area contributed by atoms with Crippen molar-refractivity contribution < 1.29 is 9.90 Å². The highest BCUT2D eigenvalue weighted by Gasteiger charge is 2.25. The van der Waals surface area contributed by atoms with Gasteiger partial charge >= 0.3 is 5.97 Å². The number of anilines is 1. The van der Waals surface area contributed by atoms with Gasteiger partial charge < -0.3 is 10.0 Å². The number of halogens is 1. The number of aromatic nitrogens is 1. The van der Waals surface area contributed by atoms with Gasteiger partial charge in [0.2, 0.25) is 0 Å². The zero-order chi connectivity index (χ0) is 14.0. The van der Waals surface area contributed by atoms with Crippen LogP contribution in [0.4, 0.5) is 5.82 Å². The Kier molecular flexibility index (Phi) is 4.30. The van der Waals surface area contributed by atoms with Crippen LogP contribution in [0.15, 0.2) is 12.3 Å². The van der Waals surface area contributed by atoms with Crippen molar-refractivity contribution in [2.75, 3.05) is 11.9 Å². The van der Waals surface area contributed by atoms with Gasteiger partial charge in [0.15, 0.2) is 0 Å². The summed E-state index contributed by atoms with van der Waals surface area (Å²) in [4.78, 5) is 17.4. The van der Waals surface area contributed by atoms with Crippen molar-refractivity contribution in [2.24, 2.45) is 5.92 Å². The summed E-state index contributed by atoms with van der Waals surface area (Å²) in [5, 5.41) is 9.32. The Morgan fingerprint density at radius 2 is 2.05 bits per heavy atom. The molecule has 0 bridgehead atoms. The van der Waals surface area contributed by atoms with Crippen LogP contribution in [0.1, 0.15) is 43.0 Å². The molecule has 1 heterocycles. The molecule has 1 aliphatic rings. The SMILES string of the molecule is CC1CCC(N(C)c2nccc(C(=O)O)c2Cl)CC1. The van der Waals surface area contributed by atoms with E-state index in [-0.39, 0.29) is 10.6 Å². The van der Waals surface area contributed by atoms with E-state index in [0.717, 1.165) is 18.8 Å². The van der Waals surface area contributed by atoms with E-state index in [1.807, 2.05) is 11.9 Å². The lowest BCUT2D eigenvalue weighted by atomic mass is 9.87. The first-order chi connectivity index (χ1) is 9.00. The summed E-state index contributed by atoms with van der Waals surface area (Å²) in [5.74, 6) is 0.332. The van der Waals surface area contributed by atoms with Crippen molar-refractivity contribution in [1.82, 2.24) is 4.98 Å². The van der Waals surface area contributed by atoms with Crippen molar-refractivity contribution in [3.05, 3.63) is 22.8 Å². The molecule has 0 spiro atoms. The van der Waals surface area contributed by atoms with E-state index in [2.05, 4.69) is 11.9 Å². The molecule has 1 fully saturated rings. The highest BCUT2D eigenvalue weighted by Crippen LogP contribution is 2.32. The van der Waals surface area contributed by atoms with Gasteiger partial charge in [-0.2, -0.15) is 0 Å². The molecule has 0 unspecified atom stereocenters. The van der Waals surface area contributed by atoms with Crippen LogP contribution in [0, 0.1) is 5.92 Å². The van der Waals surface area contributed by atoms with E-state index in [1.165, 1.54) is 25.1 Å². The Bertz CT molecular complexity index is 471. The van der Waals surface area contributed by atoms with Crippen LogP contribution in [0.3, 0.4) is 0 Å². The second-order valence-corrected chi connectivity index (χ2v) is 5.70. The summed E-state index contributed by atoms with van der Waals surface area (Å²) in [6.07, 6.45) is 6.11. The van der Waals surface area contributed by atoms with Gasteiger partial charge in [-0.05, 0) is 37.7 Å². The average molecular weight is 283 g/mol. The van der Waals surface area contributed by atoms with Gasteiger partial charge in [-0.15, -0.1) is 0 Å². The fourth-order valence-electron chi connectivity index (χ4n) is 2.65. The zero-order valence-electron chi connectivity index (χ0n) is 11.3.